The molecule has 0 saturated carbocycles. The lowest BCUT2D eigenvalue weighted by atomic mass is 10.2. The minimum absolute atomic E-state index is 0.892. The van der Waals surface area contributed by atoms with Gasteiger partial charge in [-0.05, 0) is 36.8 Å². The maximum Gasteiger partial charge on any atom is 0.0897 e. The number of pyridine rings is 2. The number of hydrogen-bond donors (Lipinski definition) is 0. The number of aryl methyl sites for hydroxylation is 1. The summed E-state index contributed by atoms with van der Waals surface area (Å²) in [5, 5.41) is 0. The average molecular weight is 249 g/mol. The van der Waals surface area contributed by atoms with E-state index >= 15 is 0 Å². The van der Waals surface area contributed by atoms with Gasteiger partial charge in [0.05, 0.1) is 11.4 Å². The Morgan fingerprint density at radius 3 is 2.29 bits per heavy atom. The fraction of sp³-hybridized carbons (Fsp3) is 0.0909. The van der Waals surface area contributed by atoms with Gasteiger partial charge in [-0.1, -0.05) is 15.9 Å². The molecule has 70 valence electrons. The molecule has 2 nitrogen and oxygen atoms in total. The number of nitrogens with zero attached hydrogens (tertiary/aromatic N) is 2. The van der Waals surface area contributed by atoms with Crippen LogP contribution in [0.1, 0.15) is 5.56 Å². The summed E-state index contributed by atoms with van der Waals surface area (Å²) in [6, 6.07) is 7.86. The summed E-state index contributed by atoms with van der Waals surface area (Å²) in [4.78, 5) is 8.53. The summed E-state index contributed by atoms with van der Waals surface area (Å²) in [6.45, 7) is 2.04. The van der Waals surface area contributed by atoms with Gasteiger partial charge in [-0.3, -0.25) is 9.97 Å². The van der Waals surface area contributed by atoms with Gasteiger partial charge in [-0.15, -0.1) is 0 Å². The van der Waals surface area contributed by atoms with Gasteiger partial charge in [0.25, 0.3) is 0 Å². The zero-order valence-corrected chi connectivity index (χ0v) is 9.32. The van der Waals surface area contributed by atoms with Crippen molar-refractivity contribution in [3.63, 3.8) is 0 Å². The van der Waals surface area contributed by atoms with Gasteiger partial charge in [0.2, 0.25) is 0 Å². The highest BCUT2D eigenvalue weighted by Gasteiger charge is 2.00. The molecule has 0 aliphatic heterocycles. The molecule has 0 bridgehead atoms. The molecule has 2 rings (SSSR count). The Balaban J connectivity index is 2.49. The molecule has 0 aliphatic carbocycles. The van der Waals surface area contributed by atoms with Crippen molar-refractivity contribution in [3.8, 4) is 11.4 Å². The smallest absolute Gasteiger partial charge is 0.0897 e. The predicted octanol–water partition coefficient (Wildman–Crippen LogP) is 3.21. The van der Waals surface area contributed by atoms with Gasteiger partial charge in [0.1, 0.15) is 0 Å². The van der Waals surface area contributed by atoms with Gasteiger partial charge in [-0.2, -0.15) is 0 Å². The van der Waals surface area contributed by atoms with Crippen molar-refractivity contribution in [2.75, 3.05) is 0 Å². The first-order valence-corrected chi connectivity index (χ1v) is 5.09. The third kappa shape index (κ3) is 1.99. The Kier molecular flexibility index (Phi) is 2.59. The van der Waals surface area contributed by atoms with Gasteiger partial charge in [0, 0.05) is 16.9 Å². The van der Waals surface area contributed by atoms with E-state index in [9.17, 15) is 0 Å². The molecule has 2 aromatic heterocycles. The molecule has 0 amide bonds. The van der Waals surface area contributed by atoms with E-state index < -0.39 is 0 Å². The summed E-state index contributed by atoms with van der Waals surface area (Å²) in [5.74, 6) is 0. The van der Waals surface area contributed by atoms with Crippen LogP contribution in [0.25, 0.3) is 11.4 Å². The van der Waals surface area contributed by atoms with E-state index in [0.717, 1.165) is 15.9 Å². The summed E-state index contributed by atoms with van der Waals surface area (Å²) in [6.07, 6.45) is 3.57. The maximum atomic E-state index is 4.27. The van der Waals surface area contributed by atoms with Crippen LogP contribution in [0.5, 0.6) is 0 Å². The van der Waals surface area contributed by atoms with Crippen molar-refractivity contribution in [2.45, 2.75) is 6.92 Å². The van der Waals surface area contributed by atoms with E-state index in [1.165, 1.54) is 5.56 Å². The lowest BCUT2D eigenvalue weighted by Gasteiger charge is -2.00. The van der Waals surface area contributed by atoms with E-state index in [4.69, 9.17) is 0 Å². The molecule has 3 heteroatoms. The highest BCUT2D eigenvalue weighted by Crippen LogP contribution is 2.18. The first kappa shape index (κ1) is 9.34. The summed E-state index contributed by atoms with van der Waals surface area (Å²) in [7, 11) is 0. The minimum Gasteiger partial charge on any atom is -0.255 e. The Morgan fingerprint density at radius 2 is 1.64 bits per heavy atom. The Morgan fingerprint density at radius 1 is 1.00 bits per heavy atom. The third-order valence-corrected chi connectivity index (χ3v) is 2.39. The van der Waals surface area contributed by atoms with Gasteiger partial charge < -0.3 is 0 Å². The largest absolute Gasteiger partial charge is 0.255 e. The fourth-order valence-electron chi connectivity index (χ4n) is 1.22. The lowest BCUT2D eigenvalue weighted by Crippen LogP contribution is -1.87. The van der Waals surface area contributed by atoms with Gasteiger partial charge in [0.15, 0.2) is 0 Å². The van der Waals surface area contributed by atoms with Crippen LogP contribution >= 0.6 is 15.9 Å². The molecule has 0 radical (unpaired) electrons. The molecule has 0 unspecified atom stereocenters. The van der Waals surface area contributed by atoms with Crippen LogP contribution in [0.2, 0.25) is 0 Å². The molecule has 0 spiro atoms. The van der Waals surface area contributed by atoms with Crippen molar-refractivity contribution in [3.05, 3.63) is 46.7 Å². The highest BCUT2D eigenvalue weighted by atomic mass is 79.9. The fourth-order valence-corrected chi connectivity index (χ4v) is 1.56. The molecule has 0 aliphatic rings. The van der Waals surface area contributed by atoms with Gasteiger partial charge in [-0.25, -0.2) is 0 Å². The molecule has 0 atom stereocenters. The molecule has 0 N–H and O–H groups in total. The summed E-state index contributed by atoms with van der Waals surface area (Å²) >= 11 is 3.41. The van der Waals surface area contributed by atoms with Crippen LogP contribution in [0.3, 0.4) is 0 Å². The van der Waals surface area contributed by atoms with E-state index in [2.05, 4.69) is 25.9 Å². The van der Waals surface area contributed by atoms with E-state index in [1.807, 2.05) is 31.2 Å². The maximum absolute atomic E-state index is 4.27. The highest BCUT2D eigenvalue weighted by molar-refractivity contribution is 9.10. The van der Waals surface area contributed by atoms with Crippen molar-refractivity contribution in [1.29, 1.82) is 0 Å². The first-order valence-electron chi connectivity index (χ1n) is 4.30. The third-order valence-electron chi connectivity index (χ3n) is 1.90. The number of halogens is 1. The van der Waals surface area contributed by atoms with Crippen LogP contribution in [0.15, 0.2) is 41.1 Å². The summed E-state index contributed by atoms with van der Waals surface area (Å²) < 4.78 is 1.02. The molecule has 14 heavy (non-hydrogen) atoms. The normalized spacial score (nSPS) is 10.1. The topological polar surface area (TPSA) is 25.8 Å². The van der Waals surface area contributed by atoms with E-state index in [0.29, 0.717) is 0 Å². The molecular weight excluding hydrogens is 240 g/mol. The molecular formula is C11H9BrN2. The van der Waals surface area contributed by atoms with Crippen LogP contribution in [0.4, 0.5) is 0 Å². The minimum atomic E-state index is 0.892. The molecule has 0 fully saturated rings. The van der Waals surface area contributed by atoms with Crippen molar-refractivity contribution in [2.24, 2.45) is 0 Å². The quantitative estimate of drug-likeness (QED) is 0.775. The standard InChI is InChI=1S/C11H9BrN2/c1-8-2-4-13-10(6-8)11-7-9(12)3-5-14-11/h2-7H,1H3. The Bertz CT molecular complexity index is 411. The van der Waals surface area contributed by atoms with Gasteiger partial charge >= 0.3 is 0 Å². The zero-order chi connectivity index (χ0) is 9.97. The second-order valence-corrected chi connectivity index (χ2v) is 3.99. The van der Waals surface area contributed by atoms with Crippen LogP contribution in [-0.4, -0.2) is 9.97 Å². The number of hydrogen-bond acceptors (Lipinski definition) is 2. The molecule has 0 aromatic carbocycles. The number of rotatable bonds is 1. The predicted molar refractivity (Wildman–Crippen MR) is 59.9 cm³/mol. The second-order valence-electron chi connectivity index (χ2n) is 3.08. The Labute approximate surface area is 91.2 Å². The molecule has 0 saturated heterocycles. The molecule has 2 aromatic rings. The number of aromatic nitrogens is 2. The Hall–Kier alpha value is -1.22. The average Bonchev–Trinajstić information content (AvgIpc) is 2.18. The molecule has 2 heterocycles. The lowest BCUT2D eigenvalue weighted by molar-refractivity contribution is 1.22. The summed E-state index contributed by atoms with van der Waals surface area (Å²) in [5.41, 5.74) is 2.99. The first-order chi connectivity index (χ1) is 6.75. The zero-order valence-electron chi connectivity index (χ0n) is 7.74. The van der Waals surface area contributed by atoms with Crippen molar-refractivity contribution in [1.82, 2.24) is 9.97 Å². The van der Waals surface area contributed by atoms with Crippen molar-refractivity contribution >= 4 is 15.9 Å². The van der Waals surface area contributed by atoms with E-state index in [1.54, 1.807) is 12.4 Å². The monoisotopic (exact) mass is 248 g/mol. The SMILES string of the molecule is Cc1ccnc(-c2cc(Br)ccn2)c1. The van der Waals surface area contributed by atoms with Crippen molar-refractivity contribution < 1.29 is 0 Å². The van der Waals surface area contributed by atoms with E-state index in [-0.39, 0.29) is 0 Å². The van der Waals surface area contributed by atoms with Crippen LogP contribution in [0, 0.1) is 6.92 Å². The van der Waals surface area contributed by atoms with Crippen LogP contribution < -0.4 is 0 Å². The second kappa shape index (κ2) is 3.88. The van der Waals surface area contributed by atoms with Crippen LogP contribution in [-0.2, 0) is 0 Å².